The van der Waals surface area contributed by atoms with Gasteiger partial charge in [-0.25, -0.2) is 22.5 Å². The topological polar surface area (TPSA) is 78.7 Å². The van der Waals surface area contributed by atoms with Crippen LogP contribution in [0.25, 0.3) is 22.4 Å². The Labute approximate surface area is 151 Å². The molecular formula is C17H15F4N5O. The van der Waals surface area contributed by atoms with Gasteiger partial charge in [0.2, 0.25) is 0 Å². The van der Waals surface area contributed by atoms with Crippen molar-refractivity contribution in [3.63, 3.8) is 0 Å². The van der Waals surface area contributed by atoms with Gasteiger partial charge < -0.3 is 10.3 Å². The maximum Gasteiger partial charge on any atom is 0.284 e. The molecule has 0 aliphatic rings. The minimum atomic E-state index is -2.62. The zero-order valence-corrected chi connectivity index (χ0v) is 14.4. The summed E-state index contributed by atoms with van der Waals surface area (Å²) >= 11 is 0. The summed E-state index contributed by atoms with van der Waals surface area (Å²) in [6.45, 7) is 0.853. The Morgan fingerprint density at radius 3 is 2.41 bits per heavy atom. The summed E-state index contributed by atoms with van der Waals surface area (Å²) in [4.78, 5) is 15.2. The molecule has 0 bridgehead atoms. The zero-order valence-electron chi connectivity index (χ0n) is 14.4. The second-order valence-corrected chi connectivity index (χ2v) is 5.93. The lowest BCUT2D eigenvalue weighted by Crippen LogP contribution is -2.16. The van der Waals surface area contributed by atoms with Crippen LogP contribution in [0.3, 0.4) is 0 Å². The van der Waals surface area contributed by atoms with E-state index in [0.717, 1.165) is 4.68 Å². The van der Waals surface area contributed by atoms with Crippen molar-refractivity contribution in [3.05, 3.63) is 47.7 Å². The van der Waals surface area contributed by atoms with Gasteiger partial charge in [-0.05, 0) is 13.0 Å². The average molecular weight is 381 g/mol. The Hall–Kier alpha value is -3.17. The highest BCUT2D eigenvalue weighted by Gasteiger charge is 2.22. The summed E-state index contributed by atoms with van der Waals surface area (Å²) in [5.41, 5.74) is 5.44. The van der Waals surface area contributed by atoms with Crippen molar-refractivity contribution in [2.45, 2.75) is 19.9 Å². The molecule has 3 rings (SSSR count). The minimum absolute atomic E-state index is 0.0411. The molecule has 0 unspecified atom stereocenters. The number of nitrogens with zero attached hydrogens (tertiary/aromatic N) is 4. The second kappa shape index (κ2) is 6.86. The van der Waals surface area contributed by atoms with E-state index in [1.807, 2.05) is 0 Å². The maximum atomic E-state index is 14.7. The van der Waals surface area contributed by atoms with E-state index in [1.165, 1.54) is 43.1 Å². The molecule has 6 nitrogen and oxygen atoms in total. The SMILES string of the molecule is Cc1c(-c2ccc(-c3cn(C)c(C(N)=O)n3)c(F)c2F)cnn1CC(F)F. The zero-order chi connectivity index (χ0) is 19.9. The lowest BCUT2D eigenvalue weighted by Gasteiger charge is -2.08. The van der Waals surface area contributed by atoms with Crippen molar-refractivity contribution in [1.29, 1.82) is 0 Å². The number of carbonyl (C=O) groups is 1. The Morgan fingerprint density at radius 2 is 1.81 bits per heavy atom. The number of primary amides is 1. The number of aromatic nitrogens is 4. The van der Waals surface area contributed by atoms with Crippen LogP contribution in [0, 0.1) is 18.6 Å². The molecule has 0 fully saturated rings. The molecule has 0 atom stereocenters. The molecule has 27 heavy (non-hydrogen) atoms. The largest absolute Gasteiger partial charge is 0.363 e. The smallest absolute Gasteiger partial charge is 0.284 e. The summed E-state index contributed by atoms with van der Waals surface area (Å²) in [7, 11) is 1.50. The molecule has 0 spiro atoms. The summed E-state index contributed by atoms with van der Waals surface area (Å²) < 4.78 is 56.7. The number of halogens is 4. The molecule has 2 aromatic heterocycles. The molecule has 0 aliphatic heterocycles. The fourth-order valence-electron chi connectivity index (χ4n) is 2.81. The van der Waals surface area contributed by atoms with Crippen molar-refractivity contribution >= 4 is 5.91 Å². The van der Waals surface area contributed by atoms with Gasteiger partial charge in [0.05, 0.1) is 11.9 Å². The Morgan fingerprint density at radius 1 is 1.19 bits per heavy atom. The molecule has 0 saturated carbocycles. The van der Waals surface area contributed by atoms with Crippen molar-refractivity contribution in [3.8, 4) is 22.4 Å². The lowest BCUT2D eigenvalue weighted by molar-refractivity contribution is 0.0987. The van der Waals surface area contributed by atoms with Gasteiger partial charge in [-0.3, -0.25) is 9.48 Å². The van der Waals surface area contributed by atoms with Gasteiger partial charge in [0, 0.05) is 35.6 Å². The first-order chi connectivity index (χ1) is 12.7. The number of hydrogen-bond donors (Lipinski definition) is 1. The van der Waals surface area contributed by atoms with Crippen LogP contribution in [0.4, 0.5) is 17.6 Å². The first-order valence-corrected chi connectivity index (χ1v) is 7.83. The molecule has 142 valence electrons. The van der Waals surface area contributed by atoms with Crippen LogP contribution in [0.1, 0.15) is 16.3 Å². The van der Waals surface area contributed by atoms with Crippen LogP contribution < -0.4 is 5.73 Å². The van der Waals surface area contributed by atoms with Crippen LogP contribution in [0.5, 0.6) is 0 Å². The summed E-state index contributed by atoms with van der Waals surface area (Å²) in [5.74, 6) is -3.25. The quantitative estimate of drug-likeness (QED) is 0.691. The van der Waals surface area contributed by atoms with Crippen molar-refractivity contribution in [2.75, 3.05) is 0 Å². The van der Waals surface area contributed by atoms with E-state index in [9.17, 15) is 22.4 Å². The summed E-state index contributed by atoms with van der Waals surface area (Å²) in [6, 6.07) is 2.61. The van der Waals surface area contributed by atoms with Gasteiger partial charge in [0.25, 0.3) is 12.3 Å². The summed E-state index contributed by atoms with van der Waals surface area (Å²) in [5, 5.41) is 3.80. The van der Waals surface area contributed by atoms with Gasteiger partial charge in [-0.1, -0.05) is 6.07 Å². The van der Waals surface area contributed by atoms with Crippen molar-refractivity contribution < 1.29 is 22.4 Å². The van der Waals surface area contributed by atoms with Crippen LogP contribution in [0.15, 0.2) is 24.5 Å². The van der Waals surface area contributed by atoms with Crippen LogP contribution >= 0.6 is 0 Å². The van der Waals surface area contributed by atoms with Crippen molar-refractivity contribution in [2.24, 2.45) is 12.8 Å². The second-order valence-electron chi connectivity index (χ2n) is 5.93. The number of aryl methyl sites for hydroxylation is 1. The maximum absolute atomic E-state index is 14.7. The number of alkyl halides is 2. The van der Waals surface area contributed by atoms with E-state index in [0.29, 0.717) is 0 Å². The molecule has 0 aliphatic carbocycles. The Bertz CT molecular complexity index is 1020. The summed E-state index contributed by atoms with van der Waals surface area (Å²) in [6.07, 6.45) is -0.0610. The standard InChI is InChI=1S/C17H15F4N5O/c1-8-11(5-23-26(8)7-13(18)19)9-3-4-10(15(21)14(9)20)12-6-25(2)17(24-12)16(22)27/h3-6,13H,7H2,1-2H3,(H2,22,27). The molecule has 1 aromatic carbocycles. The first kappa shape index (κ1) is 18.6. The van der Waals surface area contributed by atoms with E-state index < -0.39 is 30.5 Å². The Balaban J connectivity index is 2.05. The minimum Gasteiger partial charge on any atom is -0.363 e. The number of benzene rings is 1. The van der Waals surface area contributed by atoms with E-state index in [2.05, 4.69) is 10.1 Å². The van der Waals surface area contributed by atoms with Gasteiger partial charge in [0.15, 0.2) is 17.5 Å². The molecule has 2 heterocycles. The normalized spacial score (nSPS) is 11.4. The van der Waals surface area contributed by atoms with E-state index in [1.54, 1.807) is 0 Å². The third-order valence-electron chi connectivity index (χ3n) is 4.16. The van der Waals surface area contributed by atoms with Gasteiger partial charge in [-0.2, -0.15) is 5.10 Å². The molecule has 0 saturated heterocycles. The number of imidazole rings is 1. The Kier molecular flexibility index (Phi) is 4.73. The third-order valence-corrected chi connectivity index (χ3v) is 4.16. The average Bonchev–Trinajstić information content (AvgIpc) is 3.14. The number of hydrogen-bond acceptors (Lipinski definition) is 3. The third kappa shape index (κ3) is 3.29. The first-order valence-electron chi connectivity index (χ1n) is 7.83. The highest BCUT2D eigenvalue weighted by atomic mass is 19.3. The predicted octanol–water partition coefficient (Wildman–Crippen LogP) is 2.90. The number of nitrogens with two attached hydrogens (primary N) is 1. The molecule has 2 N–H and O–H groups in total. The van der Waals surface area contributed by atoms with Crippen molar-refractivity contribution in [1.82, 2.24) is 19.3 Å². The predicted molar refractivity (Wildman–Crippen MR) is 89.0 cm³/mol. The van der Waals surface area contributed by atoms with E-state index in [-0.39, 0.29) is 33.9 Å². The highest BCUT2D eigenvalue weighted by molar-refractivity contribution is 5.90. The molecule has 1 amide bonds. The molecule has 0 radical (unpaired) electrons. The van der Waals surface area contributed by atoms with E-state index >= 15 is 0 Å². The fourth-order valence-corrected chi connectivity index (χ4v) is 2.81. The molecule has 10 heteroatoms. The lowest BCUT2D eigenvalue weighted by atomic mass is 10.0. The molecular weight excluding hydrogens is 366 g/mol. The number of rotatable bonds is 5. The number of carbonyl (C=O) groups excluding carboxylic acids is 1. The monoisotopic (exact) mass is 381 g/mol. The number of amides is 1. The van der Waals surface area contributed by atoms with Gasteiger partial charge >= 0.3 is 0 Å². The van der Waals surface area contributed by atoms with Crippen LogP contribution in [-0.4, -0.2) is 31.7 Å². The highest BCUT2D eigenvalue weighted by Crippen LogP contribution is 2.32. The van der Waals surface area contributed by atoms with E-state index in [4.69, 9.17) is 5.73 Å². The van der Waals surface area contributed by atoms with Gasteiger partial charge in [-0.15, -0.1) is 0 Å². The fraction of sp³-hybridized carbons (Fsp3) is 0.235. The molecule has 3 aromatic rings. The van der Waals surface area contributed by atoms with Crippen LogP contribution in [0.2, 0.25) is 0 Å². The van der Waals surface area contributed by atoms with Crippen LogP contribution in [-0.2, 0) is 13.6 Å². The van der Waals surface area contributed by atoms with Gasteiger partial charge in [0.1, 0.15) is 6.54 Å².